The van der Waals surface area contributed by atoms with Gasteiger partial charge in [-0.05, 0) is 65.7 Å². The Morgan fingerprint density at radius 1 is 1.09 bits per heavy atom. The number of nitrogens with zero attached hydrogens (tertiary/aromatic N) is 1. The fourth-order valence-corrected chi connectivity index (χ4v) is 3.09. The molecular weight excluding hydrogens is 406 g/mol. The summed E-state index contributed by atoms with van der Waals surface area (Å²) in [6.45, 7) is 12.9. The normalized spacial score (nSPS) is 13.0. The van der Waals surface area contributed by atoms with Gasteiger partial charge in [0, 0.05) is 18.2 Å². The van der Waals surface area contributed by atoms with E-state index in [1.54, 1.807) is 52.0 Å². The van der Waals surface area contributed by atoms with E-state index in [0.29, 0.717) is 24.1 Å². The van der Waals surface area contributed by atoms with Crippen molar-refractivity contribution >= 4 is 17.9 Å². The first-order valence-electron chi connectivity index (χ1n) is 11.1. The average Bonchev–Trinajstić information content (AvgIpc) is 2.68. The number of hydrogen-bond donors (Lipinski definition) is 2. The maximum absolute atomic E-state index is 13.4. The SMILES string of the molecule is C#Cc1ccc(C(C(=O)NC(C)C)N(CCCC)C(=O)C(C)NC(=O)OC(C)(C)C)cc1. The van der Waals surface area contributed by atoms with Crippen molar-refractivity contribution in [3.05, 3.63) is 35.4 Å². The van der Waals surface area contributed by atoms with Crippen LogP contribution in [0.1, 0.15) is 78.5 Å². The van der Waals surface area contributed by atoms with Crippen molar-refractivity contribution in [1.29, 1.82) is 0 Å². The van der Waals surface area contributed by atoms with Crippen LogP contribution in [-0.2, 0) is 14.3 Å². The number of carbonyl (C=O) groups is 3. The molecule has 0 spiro atoms. The van der Waals surface area contributed by atoms with Gasteiger partial charge in [-0.2, -0.15) is 0 Å². The Labute approximate surface area is 192 Å². The third kappa shape index (κ3) is 8.62. The van der Waals surface area contributed by atoms with Crippen LogP contribution < -0.4 is 10.6 Å². The van der Waals surface area contributed by atoms with Crippen molar-refractivity contribution in [3.8, 4) is 12.3 Å². The molecule has 0 heterocycles. The number of rotatable bonds is 9. The standard InChI is InChI=1S/C25H37N3O4/c1-9-11-16-28(23(30)18(5)27-24(31)32-25(6,7)8)21(22(29)26-17(3)4)20-14-12-19(10-2)13-15-20/h2,12-15,17-18,21H,9,11,16H2,1,3-8H3,(H,26,29)(H,27,31). The van der Waals surface area contributed by atoms with Gasteiger partial charge in [0.1, 0.15) is 17.7 Å². The molecule has 1 aromatic carbocycles. The number of alkyl carbamates (subject to hydrolysis) is 1. The van der Waals surface area contributed by atoms with E-state index >= 15 is 0 Å². The van der Waals surface area contributed by atoms with Gasteiger partial charge in [0.05, 0.1) is 0 Å². The molecule has 0 saturated heterocycles. The summed E-state index contributed by atoms with van der Waals surface area (Å²) >= 11 is 0. The van der Waals surface area contributed by atoms with Crippen molar-refractivity contribution < 1.29 is 19.1 Å². The summed E-state index contributed by atoms with van der Waals surface area (Å²) in [4.78, 5) is 40.3. The van der Waals surface area contributed by atoms with E-state index < -0.39 is 23.8 Å². The third-order valence-corrected chi connectivity index (χ3v) is 4.52. The zero-order valence-electron chi connectivity index (χ0n) is 20.3. The molecule has 0 fully saturated rings. The zero-order valence-corrected chi connectivity index (χ0v) is 20.3. The zero-order chi connectivity index (χ0) is 24.5. The molecule has 3 amide bonds. The molecule has 2 N–H and O–H groups in total. The summed E-state index contributed by atoms with van der Waals surface area (Å²) < 4.78 is 5.27. The lowest BCUT2D eigenvalue weighted by atomic mass is 10.0. The quantitative estimate of drug-likeness (QED) is 0.569. The Hall–Kier alpha value is -3.01. The number of benzene rings is 1. The Balaban J connectivity index is 3.28. The number of hydrogen-bond acceptors (Lipinski definition) is 4. The Kier molecular flexibility index (Phi) is 10.2. The van der Waals surface area contributed by atoms with E-state index in [9.17, 15) is 14.4 Å². The highest BCUT2D eigenvalue weighted by atomic mass is 16.6. The summed E-state index contributed by atoms with van der Waals surface area (Å²) in [7, 11) is 0. The van der Waals surface area contributed by atoms with Crippen molar-refractivity contribution in [2.45, 2.75) is 85.0 Å². The molecule has 0 radical (unpaired) electrons. The third-order valence-electron chi connectivity index (χ3n) is 4.52. The lowest BCUT2D eigenvalue weighted by Crippen LogP contribution is -2.52. The van der Waals surface area contributed by atoms with E-state index in [4.69, 9.17) is 11.2 Å². The lowest BCUT2D eigenvalue weighted by Gasteiger charge is -2.34. The number of amides is 3. The van der Waals surface area contributed by atoms with Gasteiger partial charge in [-0.3, -0.25) is 9.59 Å². The smallest absolute Gasteiger partial charge is 0.408 e. The topological polar surface area (TPSA) is 87.7 Å². The molecule has 7 heteroatoms. The van der Waals surface area contributed by atoms with Crippen LogP contribution in [0.25, 0.3) is 0 Å². The summed E-state index contributed by atoms with van der Waals surface area (Å²) in [5.74, 6) is 1.90. The molecule has 0 aliphatic heterocycles. The van der Waals surface area contributed by atoms with Crippen LogP contribution in [0.2, 0.25) is 0 Å². The van der Waals surface area contributed by atoms with E-state index in [2.05, 4.69) is 16.6 Å². The van der Waals surface area contributed by atoms with Crippen LogP contribution in [0.5, 0.6) is 0 Å². The summed E-state index contributed by atoms with van der Waals surface area (Å²) in [6, 6.07) is 5.18. The Bertz CT molecular complexity index is 819. The summed E-state index contributed by atoms with van der Waals surface area (Å²) in [6.07, 6.45) is 6.32. The van der Waals surface area contributed by atoms with Gasteiger partial charge in [-0.1, -0.05) is 31.4 Å². The molecular formula is C25H37N3O4. The van der Waals surface area contributed by atoms with Crippen molar-refractivity contribution in [2.75, 3.05) is 6.54 Å². The maximum Gasteiger partial charge on any atom is 0.408 e. The first-order chi connectivity index (χ1) is 14.9. The molecule has 0 bridgehead atoms. The highest BCUT2D eigenvalue weighted by Crippen LogP contribution is 2.24. The summed E-state index contributed by atoms with van der Waals surface area (Å²) in [5, 5.41) is 5.49. The molecule has 0 saturated carbocycles. The minimum absolute atomic E-state index is 0.101. The minimum Gasteiger partial charge on any atom is -0.444 e. The predicted molar refractivity (Wildman–Crippen MR) is 126 cm³/mol. The molecule has 2 atom stereocenters. The van der Waals surface area contributed by atoms with Crippen LogP contribution in [0.3, 0.4) is 0 Å². The van der Waals surface area contributed by atoms with E-state index in [1.165, 1.54) is 4.90 Å². The highest BCUT2D eigenvalue weighted by molar-refractivity contribution is 5.92. The Morgan fingerprint density at radius 3 is 2.16 bits per heavy atom. The molecule has 0 aromatic heterocycles. The van der Waals surface area contributed by atoms with Gasteiger partial charge in [-0.15, -0.1) is 6.42 Å². The predicted octanol–water partition coefficient (Wildman–Crippen LogP) is 3.78. The molecule has 0 aliphatic rings. The highest BCUT2D eigenvalue weighted by Gasteiger charge is 2.34. The molecule has 2 unspecified atom stereocenters. The lowest BCUT2D eigenvalue weighted by molar-refractivity contribution is -0.142. The molecule has 176 valence electrons. The number of nitrogens with one attached hydrogen (secondary N) is 2. The molecule has 0 aliphatic carbocycles. The largest absolute Gasteiger partial charge is 0.444 e. The van der Waals surface area contributed by atoms with Gasteiger partial charge in [0.25, 0.3) is 0 Å². The van der Waals surface area contributed by atoms with Crippen molar-refractivity contribution in [3.63, 3.8) is 0 Å². The van der Waals surface area contributed by atoms with Crippen molar-refractivity contribution in [2.24, 2.45) is 0 Å². The molecule has 7 nitrogen and oxygen atoms in total. The van der Waals surface area contributed by atoms with Gasteiger partial charge in [-0.25, -0.2) is 4.79 Å². The van der Waals surface area contributed by atoms with E-state index in [1.807, 2.05) is 20.8 Å². The van der Waals surface area contributed by atoms with E-state index in [0.717, 1.165) is 6.42 Å². The number of ether oxygens (including phenoxy) is 1. The van der Waals surface area contributed by atoms with Crippen LogP contribution in [0, 0.1) is 12.3 Å². The Morgan fingerprint density at radius 2 is 1.69 bits per heavy atom. The van der Waals surface area contributed by atoms with Crippen LogP contribution >= 0.6 is 0 Å². The average molecular weight is 444 g/mol. The van der Waals surface area contributed by atoms with E-state index in [-0.39, 0.29) is 17.9 Å². The second-order valence-corrected chi connectivity index (χ2v) is 9.09. The van der Waals surface area contributed by atoms with Crippen molar-refractivity contribution in [1.82, 2.24) is 15.5 Å². The van der Waals surface area contributed by atoms with Crippen LogP contribution in [0.15, 0.2) is 24.3 Å². The second-order valence-electron chi connectivity index (χ2n) is 9.09. The van der Waals surface area contributed by atoms with Crippen LogP contribution in [-0.4, -0.2) is 47.0 Å². The molecule has 32 heavy (non-hydrogen) atoms. The number of terminal acetylenes is 1. The van der Waals surface area contributed by atoms with Crippen LogP contribution in [0.4, 0.5) is 4.79 Å². The fraction of sp³-hybridized carbons (Fsp3) is 0.560. The minimum atomic E-state index is -0.874. The fourth-order valence-electron chi connectivity index (χ4n) is 3.09. The summed E-state index contributed by atoms with van der Waals surface area (Å²) in [5.41, 5.74) is 0.645. The van der Waals surface area contributed by atoms with Gasteiger partial charge >= 0.3 is 6.09 Å². The number of unbranched alkanes of at least 4 members (excludes halogenated alkanes) is 1. The first-order valence-corrected chi connectivity index (χ1v) is 11.1. The maximum atomic E-state index is 13.4. The monoisotopic (exact) mass is 443 g/mol. The first kappa shape index (κ1) is 27.0. The van der Waals surface area contributed by atoms with Gasteiger partial charge in [0.15, 0.2) is 0 Å². The second kappa shape index (κ2) is 12.1. The number of carbonyl (C=O) groups excluding carboxylic acids is 3. The van der Waals surface area contributed by atoms with Gasteiger partial charge in [0.2, 0.25) is 11.8 Å². The van der Waals surface area contributed by atoms with Gasteiger partial charge < -0.3 is 20.3 Å². The molecule has 1 aromatic rings. The molecule has 1 rings (SSSR count).